The zero-order valence-electron chi connectivity index (χ0n) is 18.6. The van der Waals surface area contributed by atoms with Crippen molar-refractivity contribution in [1.82, 2.24) is 10.2 Å². The monoisotopic (exact) mass is 412 g/mol. The van der Waals surface area contributed by atoms with Crippen molar-refractivity contribution < 1.29 is 4.79 Å². The summed E-state index contributed by atoms with van der Waals surface area (Å²) in [4.78, 5) is 15.7. The van der Waals surface area contributed by atoms with Crippen molar-refractivity contribution in [2.75, 3.05) is 13.1 Å². The van der Waals surface area contributed by atoms with Crippen LogP contribution in [0.25, 0.3) is 0 Å². The largest absolute Gasteiger partial charge is 0.341 e. The van der Waals surface area contributed by atoms with Crippen LogP contribution >= 0.6 is 0 Å². The lowest BCUT2D eigenvalue weighted by Gasteiger charge is -2.30. The molecule has 0 radical (unpaired) electrons. The topological polar surface area (TPSA) is 32.3 Å². The van der Waals surface area contributed by atoms with E-state index in [9.17, 15) is 4.79 Å². The molecule has 3 nitrogen and oxygen atoms in total. The number of amides is 1. The number of likely N-dealkylation sites (tertiary alicyclic amines) is 1. The summed E-state index contributed by atoms with van der Waals surface area (Å²) in [7, 11) is 0. The SMILES string of the molecule is Cc1ccccc1[C@H](NC(=O)c1ccc(CN2CCC[C@@H](C)C2)cc1)c1ccccc1. The van der Waals surface area contributed by atoms with E-state index in [4.69, 9.17) is 0 Å². The van der Waals surface area contributed by atoms with Crippen molar-refractivity contribution in [3.63, 3.8) is 0 Å². The van der Waals surface area contributed by atoms with Crippen LogP contribution in [0, 0.1) is 12.8 Å². The Morgan fingerprint density at radius 2 is 1.71 bits per heavy atom. The number of carbonyl (C=O) groups excluding carboxylic acids is 1. The second kappa shape index (κ2) is 9.93. The molecule has 3 heteroatoms. The molecule has 160 valence electrons. The molecule has 31 heavy (non-hydrogen) atoms. The minimum atomic E-state index is -0.176. The van der Waals surface area contributed by atoms with Gasteiger partial charge in [-0.05, 0) is 66.6 Å². The molecular formula is C28H32N2O. The Morgan fingerprint density at radius 1 is 1.00 bits per heavy atom. The van der Waals surface area contributed by atoms with Gasteiger partial charge in [-0.3, -0.25) is 9.69 Å². The van der Waals surface area contributed by atoms with Crippen LogP contribution in [0.3, 0.4) is 0 Å². The average molecular weight is 413 g/mol. The molecule has 4 rings (SSSR count). The van der Waals surface area contributed by atoms with E-state index < -0.39 is 0 Å². The molecule has 1 aliphatic rings. The van der Waals surface area contributed by atoms with Crippen LogP contribution in [0.1, 0.15) is 58.4 Å². The van der Waals surface area contributed by atoms with Gasteiger partial charge < -0.3 is 5.32 Å². The average Bonchev–Trinajstić information content (AvgIpc) is 2.79. The van der Waals surface area contributed by atoms with Crippen molar-refractivity contribution >= 4 is 5.91 Å². The van der Waals surface area contributed by atoms with E-state index in [1.165, 1.54) is 30.5 Å². The molecule has 3 aromatic carbocycles. The van der Waals surface area contributed by atoms with Crippen LogP contribution < -0.4 is 5.32 Å². The fraction of sp³-hybridized carbons (Fsp3) is 0.321. The first-order valence-corrected chi connectivity index (χ1v) is 11.3. The minimum absolute atomic E-state index is 0.0461. The molecule has 0 bridgehead atoms. The number of rotatable bonds is 6. The third kappa shape index (κ3) is 5.42. The smallest absolute Gasteiger partial charge is 0.252 e. The van der Waals surface area contributed by atoms with E-state index in [2.05, 4.69) is 60.5 Å². The quantitative estimate of drug-likeness (QED) is 0.559. The van der Waals surface area contributed by atoms with Crippen LogP contribution in [-0.4, -0.2) is 23.9 Å². The highest BCUT2D eigenvalue weighted by Gasteiger charge is 2.20. The maximum atomic E-state index is 13.1. The second-order valence-corrected chi connectivity index (χ2v) is 8.85. The highest BCUT2D eigenvalue weighted by atomic mass is 16.1. The van der Waals surface area contributed by atoms with E-state index in [0.717, 1.165) is 30.1 Å². The lowest BCUT2D eigenvalue weighted by Crippen LogP contribution is -2.33. The predicted octanol–water partition coefficient (Wildman–Crippen LogP) is 5.75. The van der Waals surface area contributed by atoms with E-state index in [1.54, 1.807) is 0 Å². The van der Waals surface area contributed by atoms with Crippen LogP contribution in [0.4, 0.5) is 0 Å². The normalized spacial score (nSPS) is 17.8. The molecule has 1 heterocycles. The molecular weight excluding hydrogens is 380 g/mol. The summed E-state index contributed by atoms with van der Waals surface area (Å²) >= 11 is 0. The Bertz CT molecular complexity index is 997. The van der Waals surface area contributed by atoms with Gasteiger partial charge in [0.05, 0.1) is 6.04 Å². The van der Waals surface area contributed by atoms with Gasteiger partial charge in [-0.25, -0.2) is 0 Å². The minimum Gasteiger partial charge on any atom is -0.341 e. The molecule has 0 spiro atoms. The molecule has 3 aromatic rings. The Balaban J connectivity index is 1.49. The van der Waals surface area contributed by atoms with Crippen molar-refractivity contribution in [2.24, 2.45) is 5.92 Å². The van der Waals surface area contributed by atoms with Crippen LogP contribution in [0.15, 0.2) is 78.9 Å². The number of nitrogens with one attached hydrogen (secondary N) is 1. The van der Waals surface area contributed by atoms with Gasteiger partial charge in [0.25, 0.3) is 5.91 Å². The lowest BCUT2D eigenvalue weighted by molar-refractivity contribution is 0.0943. The Labute approximate surface area is 186 Å². The highest BCUT2D eigenvalue weighted by molar-refractivity contribution is 5.94. The van der Waals surface area contributed by atoms with Gasteiger partial charge in [-0.2, -0.15) is 0 Å². The number of hydrogen-bond acceptors (Lipinski definition) is 2. The molecule has 1 aliphatic heterocycles. The van der Waals surface area contributed by atoms with Gasteiger partial charge in [-0.15, -0.1) is 0 Å². The number of carbonyl (C=O) groups is 1. The first-order valence-electron chi connectivity index (χ1n) is 11.3. The van der Waals surface area contributed by atoms with Crippen molar-refractivity contribution in [3.8, 4) is 0 Å². The third-order valence-corrected chi connectivity index (χ3v) is 6.27. The first-order chi connectivity index (χ1) is 15.1. The van der Waals surface area contributed by atoms with E-state index in [-0.39, 0.29) is 11.9 Å². The maximum absolute atomic E-state index is 13.1. The molecule has 2 atom stereocenters. The third-order valence-electron chi connectivity index (χ3n) is 6.27. The van der Waals surface area contributed by atoms with Gasteiger partial charge in [0.15, 0.2) is 0 Å². The molecule has 0 aromatic heterocycles. The van der Waals surface area contributed by atoms with Gasteiger partial charge in [0, 0.05) is 18.7 Å². The Hall–Kier alpha value is -2.91. The predicted molar refractivity (Wildman–Crippen MR) is 127 cm³/mol. The summed E-state index contributed by atoms with van der Waals surface area (Å²) in [6.07, 6.45) is 2.61. The summed E-state index contributed by atoms with van der Waals surface area (Å²) in [6, 6.07) is 26.3. The van der Waals surface area contributed by atoms with Crippen LogP contribution in [0.2, 0.25) is 0 Å². The maximum Gasteiger partial charge on any atom is 0.252 e. The van der Waals surface area contributed by atoms with Crippen molar-refractivity contribution in [1.29, 1.82) is 0 Å². The number of piperidine rings is 1. The zero-order chi connectivity index (χ0) is 21.6. The number of benzene rings is 3. The molecule has 0 unspecified atom stereocenters. The van der Waals surface area contributed by atoms with Gasteiger partial charge in [0.1, 0.15) is 0 Å². The lowest BCUT2D eigenvalue weighted by atomic mass is 9.94. The summed E-state index contributed by atoms with van der Waals surface area (Å²) in [5, 5.41) is 3.26. The first kappa shape index (κ1) is 21.3. The Kier molecular flexibility index (Phi) is 6.83. The number of aryl methyl sites for hydroxylation is 1. The van der Waals surface area contributed by atoms with Gasteiger partial charge in [-0.1, -0.05) is 73.7 Å². The van der Waals surface area contributed by atoms with Crippen molar-refractivity contribution in [3.05, 3.63) is 107 Å². The number of hydrogen-bond donors (Lipinski definition) is 1. The molecule has 0 saturated carbocycles. The van der Waals surface area contributed by atoms with Crippen molar-refractivity contribution in [2.45, 2.75) is 39.3 Å². The molecule has 1 N–H and O–H groups in total. The standard InChI is InChI=1S/C28H32N2O/c1-21-9-8-18-30(19-21)20-23-14-16-25(17-15-23)28(31)29-27(24-11-4-3-5-12-24)26-13-7-6-10-22(26)2/h3-7,10-17,21,27H,8-9,18-20H2,1-2H3,(H,29,31)/t21-,27-/m1/s1. The number of nitrogens with zero attached hydrogens (tertiary/aromatic N) is 1. The molecule has 1 fully saturated rings. The highest BCUT2D eigenvalue weighted by Crippen LogP contribution is 2.25. The van der Waals surface area contributed by atoms with E-state index in [1.807, 2.05) is 42.5 Å². The van der Waals surface area contributed by atoms with E-state index in [0.29, 0.717) is 5.56 Å². The van der Waals surface area contributed by atoms with Crippen LogP contribution in [0.5, 0.6) is 0 Å². The molecule has 1 saturated heterocycles. The van der Waals surface area contributed by atoms with Gasteiger partial charge in [0.2, 0.25) is 0 Å². The summed E-state index contributed by atoms with van der Waals surface area (Å²) < 4.78 is 0. The van der Waals surface area contributed by atoms with Gasteiger partial charge >= 0.3 is 0 Å². The fourth-order valence-corrected chi connectivity index (χ4v) is 4.56. The second-order valence-electron chi connectivity index (χ2n) is 8.85. The Morgan fingerprint density at radius 3 is 2.42 bits per heavy atom. The zero-order valence-corrected chi connectivity index (χ0v) is 18.6. The summed E-state index contributed by atoms with van der Waals surface area (Å²) in [5.74, 6) is 0.727. The fourth-order valence-electron chi connectivity index (χ4n) is 4.56. The summed E-state index contributed by atoms with van der Waals surface area (Å²) in [5.41, 5.74) is 5.34. The molecule has 1 amide bonds. The summed E-state index contributed by atoms with van der Waals surface area (Å²) in [6.45, 7) is 7.71. The van der Waals surface area contributed by atoms with Crippen LogP contribution in [-0.2, 0) is 6.54 Å². The molecule has 0 aliphatic carbocycles. The van der Waals surface area contributed by atoms with E-state index >= 15 is 0 Å².